The lowest BCUT2D eigenvalue weighted by Gasteiger charge is -2.39. The molecule has 2 heterocycles. The molecule has 1 atom stereocenters. The van der Waals surface area contributed by atoms with Crippen LogP contribution in [0.15, 0.2) is 194 Å². The van der Waals surface area contributed by atoms with Crippen molar-refractivity contribution < 1.29 is 0 Å². The summed E-state index contributed by atoms with van der Waals surface area (Å²) < 4.78 is 2.40. The summed E-state index contributed by atoms with van der Waals surface area (Å²) in [5, 5.41) is 0. The molecule has 0 radical (unpaired) electrons. The first-order valence-electron chi connectivity index (χ1n) is 18.0. The molecule has 2 aliphatic rings. The van der Waals surface area contributed by atoms with Gasteiger partial charge in [-0.1, -0.05) is 164 Å². The second kappa shape index (κ2) is 11.1. The smallest absolute Gasteiger partial charge is 0.145 e. The Hall–Kier alpha value is -6.77. The third kappa shape index (κ3) is 3.98. The van der Waals surface area contributed by atoms with Gasteiger partial charge in [-0.3, -0.25) is 4.57 Å². The van der Waals surface area contributed by atoms with Crippen LogP contribution in [-0.2, 0) is 5.41 Å². The fraction of sp³-hybridized carbons (Fsp3) is 0.0200. The Balaban J connectivity index is 1.24. The molecular formula is C50H32N2. The Kier molecular flexibility index (Phi) is 6.20. The van der Waals surface area contributed by atoms with Gasteiger partial charge in [-0.2, -0.15) is 0 Å². The van der Waals surface area contributed by atoms with Crippen molar-refractivity contribution in [3.8, 4) is 61.6 Å². The summed E-state index contributed by atoms with van der Waals surface area (Å²) in [5.74, 6) is 0.969. The van der Waals surface area contributed by atoms with Gasteiger partial charge in [0, 0.05) is 5.56 Å². The molecule has 11 rings (SSSR count). The maximum atomic E-state index is 5.33. The largest absolute Gasteiger partial charge is 0.292 e. The fourth-order valence-corrected chi connectivity index (χ4v) is 9.10. The van der Waals surface area contributed by atoms with E-state index in [1.807, 2.05) is 0 Å². The number of para-hydroxylation sites is 2. The molecule has 1 aromatic heterocycles. The summed E-state index contributed by atoms with van der Waals surface area (Å²) in [6.45, 7) is 0. The van der Waals surface area contributed by atoms with Gasteiger partial charge in [0.1, 0.15) is 5.82 Å². The molecule has 1 unspecified atom stereocenters. The predicted molar refractivity (Wildman–Crippen MR) is 214 cm³/mol. The highest BCUT2D eigenvalue weighted by Gasteiger charge is 2.51. The van der Waals surface area contributed by atoms with Crippen molar-refractivity contribution in [2.75, 3.05) is 0 Å². The quantitative estimate of drug-likeness (QED) is 0.184. The monoisotopic (exact) mass is 660 g/mol. The van der Waals surface area contributed by atoms with E-state index in [2.05, 4.69) is 199 Å². The molecule has 0 bridgehead atoms. The van der Waals surface area contributed by atoms with Crippen molar-refractivity contribution in [3.63, 3.8) is 0 Å². The van der Waals surface area contributed by atoms with E-state index in [-0.39, 0.29) is 0 Å². The van der Waals surface area contributed by atoms with Gasteiger partial charge in [0.05, 0.1) is 22.1 Å². The maximum absolute atomic E-state index is 5.33. The van der Waals surface area contributed by atoms with Crippen molar-refractivity contribution in [3.05, 3.63) is 216 Å². The molecule has 52 heavy (non-hydrogen) atoms. The number of aromatic nitrogens is 2. The van der Waals surface area contributed by atoms with E-state index < -0.39 is 5.41 Å². The highest BCUT2D eigenvalue weighted by atomic mass is 15.1. The number of nitrogens with zero attached hydrogens (tertiary/aromatic N) is 2. The number of hydrogen-bond acceptors (Lipinski definition) is 1. The van der Waals surface area contributed by atoms with E-state index in [1.54, 1.807) is 0 Å². The van der Waals surface area contributed by atoms with Crippen LogP contribution in [-0.4, -0.2) is 9.55 Å². The van der Waals surface area contributed by atoms with Crippen LogP contribution in [0.4, 0.5) is 0 Å². The standard InChI is InChI=1S/C50H32N2/c1-4-16-33(17-5-1)36-30-37(34-18-6-2-7-19-34)32-38(31-36)39-23-14-26-43-47(39)40-22-10-11-24-41(40)50(43)42-25-12-13-29-46(42)52-48-44(50)27-15-28-45(48)51-49(52)35-20-8-3-9-21-35/h1-32H. The van der Waals surface area contributed by atoms with Gasteiger partial charge < -0.3 is 0 Å². The Bertz CT molecular complexity index is 2770. The minimum absolute atomic E-state index is 0.526. The van der Waals surface area contributed by atoms with Crippen LogP contribution < -0.4 is 0 Å². The van der Waals surface area contributed by atoms with E-state index in [0.29, 0.717) is 0 Å². The molecule has 1 aliphatic heterocycles. The molecule has 2 heteroatoms. The van der Waals surface area contributed by atoms with Crippen LogP contribution in [0.1, 0.15) is 22.3 Å². The Labute approximate surface area is 303 Å². The fourth-order valence-electron chi connectivity index (χ4n) is 9.10. The SMILES string of the molecule is c1ccc(-c2cc(-c3ccccc3)cc(-c3cccc4c3-c3ccccc3C43c4ccccc4-n4c(-c5ccccc5)nc5cccc3c54)c2)cc1. The zero-order valence-electron chi connectivity index (χ0n) is 28.4. The normalized spacial score (nSPS) is 15.0. The molecule has 2 nitrogen and oxygen atoms in total. The number of fused-ring (bicyclic) bond motifs is 9. The summed E-state index contributed by atoms with van der Waals surface area (Å²) in [6, 6.07) is 70.9. The molecule has 0 fully saturated rings. The minimum Gasteiger partial charge on any atom is -0.292 e. The molecule has 0 amide bonds. The summed E-state index contributed by atoms with van der Waals surface area (Å²) in [4.78, 5) is 5.33. The molecular weight excluding hydrogens is 629 g/mol. The lowest BCUT2D eigenvalue weighted by atomic mass is 9.65. The zero-order chi connectivity index (χ0) is 34.2. The second-order valence-corrected chi connectivity index (χ2v) is 13.9. The molecule has 1 aliphatic carbocycles. The number of hydrogen-bond donors (Lipinski definition) is 0. The number of imidazole rings is 1. The van der Waals surface area contributed by atoms with E-state index in [0.717, 1.165) is 16.9 Å². The molecule has 0 saturated heterocycles. The average Bonchev–Trinajstić information content (AvgIpc) is 3.76. The van der Waals surface area contributed by atoms with Crippen LogP contribution >= 0.6 is 0 Å². The highest BCUT2D eigenvalue weighted by Crippen LogP contribution is 2.62. The first-order chi connectivity index (χ1) is 25.8. The van der Waals surface area contributed by atoms with Crippen molar-refractivity contribution in [1.82, 2.24) is 9.55 Å². The van der Waals surface area contributed by atoms with Crippen molar-refractivity contribution in [2.24, 2.45) is 0 Å². The minimum atomic E-state index is -0.526. The lowest BCUT2D eigenvalue weighted by Crippen LogP contribution is -2.33. The van der Waals surface area contributed by atoms with E-state index >= 15 is 0 Å². The number of benzene rings is 8. The maximum Gasteiger partial charge on any atom is 0.145 e. The molecule has 0 saturated carbocycles. The van der Waals surface area contributed by atoms with E-state index in [4.69, 9.17) is 4.98 Å². The summed E-state index contributed by atoms with van der Waals surface area (Å²) >= 11 is 0. The third-order valence-corrected chi connectivity index (χ3v) is 11.2. The predicted octanol–water partition coefficient (Wildman–Crippen LogP) is 12.4. The molecule has 1 spiro atoms. The van der Waals surface area contributed by atoms with Gasteiger partial charge in [0.15, 0.2) is 0 Å². The van der Waals surface area contributed by atoms with Crippen LogP contribution in [0, 0.1) is 0 Å². The van der Waals surface area contributed by atoms with Gasteiger partial charge in [-0.15, -0.1) is 0 Å². The van der Waals surface area contributed by atoms with Gasteiger partial charge in [0.2, 0.25) is 0 Å². The first kappa shape index (κ1) is 29.0. The third-order valence-electron chi connectivity index (χ3n) is 11.2. The molecule has 0 N–H and O–H groups in total. The van der Waals surface area contributed by atoms with Crippen LogP contribution in [0.5, 0.6) is 0 Å². The van der Waals surface area contributed by atoms with Gasteiger partial charge >= 0.3 is 0 Å². The Morgan fingerprint density at radius 2 is 0.885 bits per heavy atom. The Morgan fingerprint density at radius 1 is 0.365 bits per heavy atom. The lowest BCUT2D eigenvalue weighted by molar-refractivity contribution is 0.746. The highest BCUT2D eigenvalue weighted by molar-refractivity contribution is 6.01. The van der Waals surface area contributed by atoms with Gasteiger partial charge in [-0.05, 0) is 97.1 Å². The van der Waals surface area contributed by atoms with E-state index in [9.17, 15) is 0 Å². The van der Waals surface area contributed by atoms with Crippen LogP contribution in [0.25, 0.3) is 72.6 Å². The summed E-state index contributed by atoms with van der Waals surface area (Å²) in [7, 11) is 0. The van der Waals surface area contributed by atoms with Crippen LogP contribution in [0.3, 0.4) is 0 Å². The Morgan fingerprint density at radius 3 is 1.60 bits per heavy atom. The summed E-state index contributed by atoms with van der Waals surface area (Å²) in [6.07, 6.45) is 0. The van der Waals surface area contributed by atoms with Gasteiger partial charge in [0.25, 0.3) is 0 Å². The van der Waals surface area contributed by atoms with Crippen molar-refractivity contribution in [1.29, 1.82) is 0 Å². The van der Waals surface area contributed by atoms with Crippen LogP contribution in [0.2, 0.25) is 0 Å². The van der Waals surface area contributed by atoms with E-state index in [1.165, 1.54) is 78.0 Å². The van der Waals surface area contributed by atoms with Crippen molar-refractivity contribution in [2.45, 2.75) is 5.41 Å². The van der Waals surface area contributed by atoms with Crippen molar-refractivity contribution >= 4 is 11.0 Å². The zero-order valence-corrected chi connectivity index (χ0v) is 28.4. The molecule has 242 valence electrons. The van der Waals surface area contributed by atoms with Gasteiger partial charge in [-0.25, -0.2) is 4.98 Å². The molecule has 8 aromatic carbocycles. The first-order valence-corrected chi connectivity index (χ1v) is 18.0. The average molecular weight is 661 g/mol. The molecule has 9 aromatic rings. The summed E-state index contributed by atoms with van der Waals surface area (Å²) in [5.41, 5.74) is 19.0. The second-order valence-electron chi connectivity index (χ2n) is 13.9. The topological polar surface area (TPSA) is 17.8 Å². The number of rotatable bonds is 4.